The zero-order valence-electron chi connectivity index (χ0n) is 9.21. The summed E-state index contributed by atoms with van der Waals surface area (Å²) in [6, 6.07) is 8.26. The Balaban J connectivity index is 1.76. The van der Waals surface area contributed by atoms with E-state index in [1.165, 1.54) is 4.70 Å². The highest BCUT2D eigenvalue weighted by Crippen LogP contribution is 2.31. The maximum Gasteiger partial charge on any atom is 0.151 e. The second-order valence-corrected chi connectivity index (χ2v) is 6.91. The van der Waals surface area contributed by atoms with E-state index in [1.54, 1.807) is 34.4 Å². The Bertz CT molecular complexity index is 609. The van der Waals surface area contributed by atoms with Crippen molar-refractivity contribution in [3.8, 4) is 0 Å². The van der Waals surface area contributed by atoms with Gasteiger partial charge in [0, 0.05) is 11.1 Å². The van der Waals surface area contributed by atoms with Crippen molar-refractivity contribution in [3.05, 3.63) is 40.3 Å². The predicted molar refractivity (Wildman–Crippen MR) is 76.0 cm³/mol. The molecule has 0 aliphatic heterocycles. The molecule has 17 heavy (non-hydrogen) atoms. The molecule has 0 radical (unpaired) electrons. The van der Waals surface area contributed by atoms with E-state index in [4.69, 9.17) is 0 Å². The lowest BCUT2D eigenvalue weighted by molar-refractivity contribution is 1.17. The van der Waals surface area contributed by atoms with Crippen LogP contribution in [0.5, 0.6) is 0 Å². The number of thioether (sulfide) groups is 1. The van der Waals surface area contributed by atoms with Crippen molar-refractivity contribution in [2.75, 3.05) is 0 Å². The molecule has 0 N–H and O–H groups in total. The van der Waals surface area contributed by atoms with Crippen molar-refractivity contribution in [1.82, 2.24) is 9.97 Å². The molecule has 2 nitrogen and oxygen atoms in total. The summed E-state index contributed by atoms with van der Waals surface area (Å²) in [5, 5.41) is 3.25. The summed E-state index contributed by atoms with van der Waals surface area (Å²) in [5.41, 5.74) is 2.24. The Kier molecular flexibility index (Phi) is 3.13. The molecule has 0 saturated heterocycles. The van der Waals surface area contributed by atoms with Crippen LogP contribution >= 0.6 is 34.4 Å². The largest absolute Gasteiger partial charge is 0.246 e. The third-order valence-electron chi connectivity index (χ3n) is 2.28. The van der Waals surface area contributed by atoms with Gasteiger partial charge in [-0.05, 0) is 19.1 Å². The molecular weight excluding hydrogens is 268 g/mol. The van der Waals surface area contributed by atoms with Crippen molar-refractivity contribution in [1.29, 1.82) is 0 Å². The van der Waals surface area contributed by atoms with Gasteiger partial charge in [0.15, 0.2) is 4.34 Å². The Labute approximate surface area is 112 Å². The lowest BCUT2D eigenvalue weighted by atomic mass is 10.3. The molecule has 0 amide bonds. The van der Waals surface area contributed by atoms with Crippen LogP contribution in [-0.2, 0) is 5.75 Å². The van der Waals surface area contributed by atoms with E-state index in [9.17, 15) is 0 Å². The number of aryl methyl sites for hydroxylation is 1. The summed E-state index contributed by atoms with van der Waals surface area (Å²) in [6.07, 6.45) is 0. The Hall–Kier alpha value is -0.910. The third kappa shape index (κ3) is 2.51. The normalized spacial score (nSPS) is 11.1. The maximum atomic E-state index is 4.59. The molecule has 0 fully saturated rings. The molecule has 0 atom stereocenters. The zero-order valence-corrected chi connectivity index (χ0v) is 11.7. The number of rotatable bonds is 3. The van der Waals surface area contributed by atoms with Crippen LogP contribution in [0.15, 0.2) is 34.0 Å². The summed E-state index contributed by atoms with van der Waals surface area (Å²) in [5.74, 6) is 0.907. The molecule has 1 aromatic carbocycles. The molecule has 0 unspecified atom stereocenters. The smallest absolute Gasteiger partial charge is 0.151 e. The molecule has 0 saturated carbocycles. The van der Waals surface area contributed by atoms with E-state index in [-0.39, 0.29) is 0 Å². The van der Waals surface area contributed by atoms with Crippen molar-refractivity contribution in [2.45, 2.75) is 17.0 Å². The number of fused-ring (bicyclic) bond motifs is 1. The molecule has 5 heteroatoms. The van der Waals surface area contributed by atoms with Gasteiger partial charge in [0.05, 0.1) is 20.9 Å². The zero-order chi connectivity index (χ0) is 11.7. The molecule has 3 rings (SSSR count). The number of thiazole rings is 2. The van der Waals surface area contributed by atoms with E-state index in [2.05, 4.69) is 33.5 Å². The van der Waals surface area contributed by atoms with Crippen LogP contribution in [-0.4, -0.2) is 9.97 Å². The van der Waals surface area contributed by atoms with Gasteiger partial charge in [0.25, 0.3) is 0 Å². The number of hydrogen-bond donors (Lipinski definition) is 0. The monoisotopic (exact) mass is 278 g/mol. The first-order valence-corrected chi connectivity index (χ1v) is 7.89. The minimum absolute atomic E-state index is 0.907. The fourth-order valence-electron chi connectivity index (χ4n) is 1.52. The average Bonchev–Trinajstić information content (AvgIpc) is 2.91. The van der Waals surface area contributed by atoms with Crippen LogP contribution in [0.2, 0.25) is 0 Å². The lowest BCUT2D eigenvalue weighted by Crippen LogP contribution is -1.80. The van der Waals surface area contributed by atoms with Crippen LogP contribution in [0.4, 0.5) is 0 Å². The predicted octanol–water partition coefficient (Wildman–Crippen LogP) is 4.35. The van der Waals surface area contributed by atoms with Crippen LogP contribution in [0.3, 0.4) is 0 Å². The molecule has 0 spiro atoms. The average molecular weight is 278 g/mol. The van der Waals surface area contributed by atoms with E-state index in [0.29, 0.717) is 0 Å². The van der Waals surface area contributed by atoms with Crippen molar-refractivity contribution < 1.29 is 0 Å². The van der Waals surface area contributed by atoms with Crippen molar-refractivity contribution in [2.24, 2.45) is 0 Å². The van der Waals surface area contributed by atoms with Gasteiger partial charge in [-0.3, -0.25) is 0 Å². The number of hydrogen-bond acceptors (Lipinski definition) is 5. The molecule has 2 aromatic heterocycles. The summed E-state index contributed by atoms with van der Waals surface area (Å²) >= 11 is 5.22. The fraction of sp³-hybridized carbons (Fsp3) is 0.167. The van der Waals surface area contributed by atoms with Crippen molar-refractivity contribution >= 4 is 44.7 Å². The third-order valence-corrected chi connectivity index (χ3v) is 5.32. The minimum Gasteiger partial charge on any atom is -0.246 e. The van der Waals surface area contributed by atoms with Gasteiger partial charge in [0.1, 0.15) is 0 Å². The summed E-state index contributed by atoms with van der Waals surface area (Å²) in [7, 11) is 0. The highest BCUT2D eigenvalue weighted by Gasteiger charge is 2.05. The van der Waals surface area contributed by atoms with Crippen LogP contribution in [0.1, 0.15) is 10.7 Å². The first-order chi connectivity index (χ1) is 8.31. The Morgan fingerprint density at radius 3 is 2.88 bits per heavy atom. The number of aromatic nitrogens is 2. The van der Waals surface area contributed by atoms with Gasteiger partial charge in [-0.1, -0.05) is 23.9 Å². The highest BCUT2D eigenvalue weighted by molar-refractivity contribution is 8.00. The van der Waals surface area contributed by atoms with Gasteiger partial charge in [-0.15, -0.1) is 22.7 Å². The van der Waals surface area contributed by atoms with E-state index in [0.717, 1.165) is 26.3 Å². The van der Waals surface area contributed by atoms with Gasteiger partial charge in [-0.25, -0.2) is 9.97 Å². The van der Waals surface area contributed by atoms with E-state index < -0.39 is 0 Å². The number of nitrogens with zero attached hydrogens (tertiary/aromatic N) is 2. The van der Waals surface area contributed by atoms with Gasteiger partial charge in [0.2, 0.25) is 0 Å². The standard InChI is InChI=1S/C12H10N2S3/c1-8-13-9(6-15-8)7-16-12-14-10-4-2-3-5-11(10)17-12/h2-6H,7H2,1H3. The molecule has 86 valence electrons. The van der Waals surface area contributed by atoms with Crippen LogP contribution < -0.4 is 0 Å². The second kappa shape index (κ2) is 4.76. The van der Waals surface area contributed by atoms with E-state index in [1.807, 2.05) is 13.0 Å². The summed E-state index contributed by atoms with van der Waals surface area (Å²) in [4.78, 5) is 9.05. The minimum atomic E-state index is 0.907. The quantitative estimate of drug-likeness (QED) is 0.666. The SMILES string of the molecule is Cc1nc(CSc2nc3ccccc3s2)cs1. The van der Waals surface area contributed by atoms with Gasteiger partial charge >= 0.3 is 0 Å². The van der Waals surface area contributed by atoms with Crippen LogP contribution in [0, 0.1) is 6.92 Å². The molecule has 2 heterocycles. The number of benzene rings is 1. The fourth-order valence-corrected chi connectivity index (χ4v) is 4.20. The molecule has 0 aliphatic rings. The first-order valence-electron chi connectivity index (χ1n) is 5.20. The first kappa shape index (κ1) is 11.2. The molecule has 0 aliphatic carbocycles. The maximum absolute atomic E-state index is 4.59. The highest BCUT2D eigenvalue weighted by atomic mass is 32.2. The molecule has 3 aromatic rings. The Morgan fingerprint density at radius 1 is 1.24 bits per heavy atom. The van der Waals surface area contributed by atoms with E-state index >= 15 is 0 Å². The molecular formula is C12H10N2S3. The summed E-state index contributed by atoms with van der Waals surface area (Å²) in [6.45, 7) is 2.04. The summed E-state index contributed by atoms with van der Waals surface area (Å²) < 4.78 is 2.38. The molecule has 0 bridgehead atoms. The van der Waals surface area contributed by atoms with Crippen molar-refractivity contribution in [3.63, 3.8) is 0 Å². The van der Waals surface area contributed by atoms with Gasteiger partial charge in [-0.2, -0.15) is 0 Å². The Morgan fingerprint density at radius 2 is 2.12 bits per heavy atom. The topological polar surface area (TPSA) is 25.8 Å². The lowest BCUT2D eigenvalue weighted by Gasteiger charge is -1.92. The van der Waals surface area contributed by atoms with Crippen LogP contribution in [0.25, 0.3) is 10.2 Å². The van der Waals surface area contributed by atoms with Gasteiger partial charge < -0.3 is 0 Å². The second-order valence-electron chi connectivity index (χ2n) is 3.59. The number of para-hydroxylation sites is 1.